The monoisotopic (exact) mass is 443 g/mol. The SMILES string of the molecule is Cc1csc(=Nc2ccc(S(=O)(=O)N3CCOCC3)cc2)n1N=Cc1ccncc1. The first-order chi connectivity index (χ1) is 14.5. The van der Waals surface area contributed by atoms with E-state index in [4.69, 9.17) is 4.74 Å². The van der Waals surface area contributed by atoms with E-state index < -0.39 is 10.0 Å². The highest BCUT2D eigenvalue weighted by molar-refractivity contribution is 7.89. The standard InChI is InChI=1S/C20H21N5O3S2/c1-16-15-29-20(25(16)22-14-17-6-8-21-9-7-17)23-18-2-4-19(5-3-18)30(26,27)24-10-12-28-13-11-24/h2-9,14-15H,10-13H2,1H3. The van der Waals surface area contributed by atoms with E-state index in [0.29, 0.717) is 36.8 Å². The van der Waals surface area contributed by atoms with Crippen molar-refractivity contribution in [2.45, 2.75) is 11.8 Å². The highest BCUT2D eigenvalue weighted by Gasteiger charge is 2.26. The van der Waals surface area contributed by atoms with Crippen LogP contribution in [0.3, 0.4) is 0 Å². The number of thiazole rings is 1. The van der Waals surface area contributed by atoms with Gasteiger partial charge in [0.2, 0.25) is 14.8 Å². The van der Waals surface area contributed by atoms with E-state index in [2.05, 4.69) is 15.1 Å². The molecule has 0 atom stereocenters. The number of hydrogen-bond acceptors (Lipinski definition) is 7. The Bertz CT molecular complexity index is 1190. The van der Waals surface area contributed by atoms with Gasteiger partial charge in [-0.05, 0) is 48.9 Å². The van der Waals surface area contributed by atoms with Gasteiger partial charge >= 0.3 is 0 Å². The van der Waals surface area contributed by atoms with Crippen molar-refractivity contribution in [3.05, 3.63) is 70.2 Å². The molecule has 1 fully saturated rings. The fourth-order valence-electron chi connectivity index (χ4n) is 2.92. The van der Waals surface area contributed by atoms with Gasteiger partial charge in [-0.1, -0.05) is 0 Å². The number of pyridine rings is 1. The Morgan fingerprint density at radius 1 is 1.10 bits per heavy atom. The maximum absolute atomic E-state index is 12.7. The zero-order valence-corrected chi connectivity index (χ0v) is 18.0. The van der Waals surface area contributed by atoms with Gasteiger partial charge < -0.3 is 4.74 Å². The number of hydrogen-bond donors (Lipinski definition) is 0. The van der Waals surface area contributed by atoms with Crippen molar-refractivity contribution >= 4 is 33.3 Å². The summed E-state index contributed by atoms with van der Waals surface area (Å²) in [4.78, 5) is 9.59. The third-order valence-corrected chi connectivity index (χ3v) is 7.39. The summed E-state index contributed by atoms with van der Waals surface area (Å²) < 4.78 is 33.9. The molecule has 3 aromatic rings. The van der Waals surface area contributed by atoms with E-state index >= 15 is 0 Å². The van der Waals surface area contributed by atoms with Crippen molar-refractivity contribution in [2.75, 3.05) is 26.3 Å². The second-order valence-electron chi connectivity index (χ2n) is 6.62. The Hall–Kier alpha value is -2.66. The number of rotatable bonds is 5. The zero-order chi connectivity index (χ0) is 21.0. The summed E-state index contributed by atoms with van der Waals surface area (Å²) in [7, 11) is -3.51. The average Bonchev–Trinajstić information content (AvgIpc) is 3.13. The van der Waals surface area contributed by atoms with E-state index in [-0.39, 0.29) is 4.90 Å². The Kier molecular flexibility index (Phi) is 6.18. The van der Waals surface area contributed by atoms with Gasteiger partial charge in [0, 0.05) is 30.9 Å². The van der Waals surface area contributed by atoms with Crippen LogP contribution in [0.25, 0.3) is 0 Å². The molecule has 10 heteroatoms. The van der Waals surface area contributed by atoms with E-state index in [0.717, 1.165) is 11.3 Å². The lowest BCUT2D eigenvalue weighted by atomic mass is 10.3. The lowest BCUT2D eigenvalue weighted by molar-refractivity contribution is 0.0730. The third-order valence-electron chi connectivity index (χ3n) is 4.55. The van der Waals surface area contributed by atoms with Crippen LogP contribution >= 0.6 is 11.3 Å². The Morgan fingerprint density at radius 3 is 2.50 bits per heavy atom. The molecule has 0 unspecified atom stereocenters. The Balaban J connectivity index is 1.59. The number of sulfonamides is 1. The summed E-state index contributed by atoms with van der Waals surface area (Å²) in [6.07, 6.45) is 5.17. The molecule has 1 aromatic carbocycles. The molecule has 0 amide bonds. The third kappa shape index (κ3) is 4.57. The number of nitrogens with zero attached hydrogens (tertiary/aromatic N) is 5. The first kappa shape index (κ1) is 20.6. The normalized spacial score (nSPS) is 16.4. The largest absolute Gasteiger partial charge is 0.379 e. The number of benzene rings is 1. The number of ether oxygens (including phenoxy) is 1. The maximum atomic E-state index is 12.7. The molecule has 0 radical (unpaired) electrons. The van der Waals surface area contributed by atoms with Gasteiger partial charge in [-0.15, -0.1) is 11.3 Å². The van der Waals surface area contributed by atoms with Crippen LogP contribution in [-0.2, 0) is 14.8 Å². The van der Waals surface area contributed by atoms with Crippen LogP contribution in [0, 0.1) is 6.92 Å². The Morgan fingerprint density at radius 2 is 1.80 bits per heavy atom. The summed E-state index contributed by atoms with van der Waals surface area (Å²) in [5.74, 6) is 0. The summed E-state index contributed by atoms with van der Waals surface area (Å²) in [5, 5.41) is 6.49. The minimum absolute atomic E-state index is 0.259. The van der Waals surface area contributed by atoms with Gasteiger partial charge in [-0.2, -0.15) is 9.41 Å². The molecular formula is C20H21N5O3S2. The van der Waals surface area contributed by atoms with Crippen molar-refractivity contribution < 1.29 is 13.2 Å². The van der Waals surface area contributed by atoms with Gasteiger partial charge in [0.15, 0.2) is 0 Å². The maximum Gasteiger partial charge on any atom is 0.243 e. The Labute approximate surface area is 178 Å². The summed E-state index contributed by atoms with van der Waals surface area (Å²) in [6, 6.07) is 10.3. The molecule has 1 aliphatic heterocycles. The van der Waals surface area contributed by atoms with Crippen LogP contribution in [0.5, 0.6) is 0 Å². The highest BCUT2D eigenvalue weighted by Crippen LogP contribution is 2.20. The number of aryl methyl sites for hydroxylation is 1. The minimum atomic E-state index is -3.51. The summed E-state index contributed by atoms with van der Waals surface area (Å²) in [5.41, 5.74) is 2.55. The van der Waals surface area contributed by atoms with E-state index in [9.17, 15) is 8.42 Å². The van der Waals surface area contributed by atoms with Crippen molar-refractivity contribution in [3.63, 3.8) is 0 Å². The van der Waals surface area contributed by atoms with Crippen LogP contribution in [0.1, 0.15) is 11.3 Å². The molecule has 156 valence electrons. The van der Waals surface area contributed by atoms with E-state index in [1.54, 1.807) is 47.5 Å². The zero-order valence-electron chi connectivity index (χ0n) is 16.4. The second kappa shape index (κ2) is 9.00. The lowest BCUT2D eigenvalue weighted by Gasteiger charge is -2.26. The first-order valence-electron chi connectivity index (χ1n) is 9.38. The van der Waals surface area contributed by atoms with Crippen molar-refractivity contribution in [1.82, 2.24) is 14.0 Å². The quantitative estimate of drug-likeness (QED) is 0.567. The highest BCUT2D eigenvalue weighted by atomic mass is 32.2. The number of morpholine rings is 1. The predicted molar refractivity (Wildman–Crippen MR) is 116 cm³/mol. The molecule has 0 aliphatic carbocycles. The number of aromatic nitrogens is 2. The fraction of sp³-hybridized carbons (Fsp3) is 0.250. The molecule has 1 saturated heterocycles. The molecule has 30 heavy (non-hydrogen) atoms. The van der Waals surface area contributed by atoms with E-state index in [1.807, 2.05) is 24.4 Å². The summed E-state index contributed by atoms with van der Waals surface area (Å²) >= 11 is 1.47. The smallest absolute Gasteiger partial charge is 0.243 e. The predicted octanol–water partition coefficient (Wildman–Crippen LogP) is 2.39. The molecular weight excluding hydrogens is 422 g/mol. The van der Waals surface area contributed by atoms with Gasteiger partial charge in [0.25, 0.3) is 0 Å². The van der Waals surface area contributed by atoms with Crippen LogP contribution in [0.15, 0.2) is 69.2 Å². The van der Waals surface area contributed by atoms with Crippen molar-refractivity contribution in [3.8, 4) is 0 Å². The fourth-order valence-corrected chi connectivity index (χ4v) is 5.15. The van der Waals surface area contributed by atoms with Gasteiger partial charge in [-0.3, -0.25) is 4.98 Å². The summed E-state index contributed by atoms with van der Waals surface area (Å²) in [6.45, 7) is 3.54. The molecule has 1 aliphatic rings. The molecule has 0 N–H and O–H groups in total. The second-order valence-corrected chi connectivity index (χ2v) is 9.39. The lowest BCUT2D eigenvalue weighted by Crippen LogP contribution is -2.40. The molecule has 8 nitrogen and oxygen atoms in total. The average molecular weight is 444 g/mol. The van der Waals surface area contributed by atoms with Crippen LogP contribution in [0.4, 0.5) is 5.69 Å². The van der Waals surface area contributed by atoms with Gasteiger partial charge in [0.1, 0.15) is 0 Å². The van der Waals surface area contributed by atoms with Crippen molar-refractivity contribution in [1.29, 1.82) is 0 Å². The molecule has 2 aromatic heterocycles. The first-order valence-corrected chi connectivity index (χ1v) is 11.7. The van der Waals surface area contributed by atoms with Crippen LogP contribution < -0.4 is 4.80 Å². The molecule has 4 rings (SSSR count). The van der Waals surface area contributed by atoms with Crippen molar-refractivity contribution in [2.24, 2.45) is 10.1 Å². The topological polar surface area (TPSA) is 89.1 Å². The molecule has 3 heterocycles. The van der Waals surface area contributed by atoms with Crippen LogP contribution in [-0.4, -0.2) is 54.9 Å². The van der Waals surface area contributed by atoms with Crippen LogP contribution in [0.2, 0.25) is 0 Å². The van der Waals surface area contributed by atoms with E-state index in [1.165, 1.54) is 15.6 Å². The molecule has 0 saturated carbocycles. The van der Waals surface area contributed by atoms with Gasteiger partial charge in [-0.25, -0.2) is 18.1 Å². The minimum Gasteiger partial charge on any atom is -0.379 e. The molecule has 0 bridgehead atoms. The van der Waals surface area contributed by atoms with Gasteiger partial charge in [0.05, 0.1) is 35.7 Å². The molecule has 0 spiro atoms.